The molecule has 0 saturated carbocycles. The smallest absolute Gasteiger partial charge is 0.253 e. The van der Waals surface area contributed by atoms with Crippen LogP contribution in [0.5, 0.6) is 0 Å². The summed E-state index contributed by atoms with van der Waals surface area (Å²) in [6.45, 7) is 0. The number of carbonyl (C=O) groups is 1. The molecule has 0 radical (unpaired) electrons. The molecule has 0 aliphatic rings. The summed E-state index contributed by atoms with van der Waals surface area (Å²) in [5, 5.41) is 2.47. The van der Waals surface area contributed by atoms with Crippen LogP contribution < -0.4 is 10.0 Å². The van der Waals surface area contributed by atoms with Gasteiger partial charge in [0.1, 0.15) is 0 Å². The van der Waals surface area contributed by atoms with Crippen molar-refractivity contribution < 1.29 is 13.2 Å². The first-order valence-electron chi connectivity index (χ1n) is 5.87. The van der Waals surface area contributed by atoms with Crippen LogP contribution in [0.25, 0.3) is 0 Å². The minimum absolute atomic E-state index is 0.0121. The predicted molar refractivity (Wildman–Crippen MR) is 77.2 cm³/mol. The van der Waals surface area contributed by atoms with Crippen LogP contribution in [0.15, 0.2) is 24.3 Å². The van der Waals surface area contributed by atoms with Gasteiger partial charge in [-0.1, -0.05) is 12.1 Å². The Labute approximate surface area is 118 Å². The molecule has 19 heavy (non-hydrogen) atoms. The summed E-state index contributed by atoms with van der Waals surface area (Å²) >= 11 is 5.51. The molecule has 0 heterocycles. The number of halogens is 1. The molecule has 1 amide bonds. The van der Waals surface area contributed by atoms with Crippen molar-refractivity contribution in [2.45, 2.75) is 12.8 Å². The highest BCUT2D eigenvalue weighted by molar-refractivity contribution is 7.92. The fraction of sp³-hybridized carbons (Fsp3) is 0.417. The summed E-state index contributed by atoms with van der Waals surface area (Å²) in [4.78, 5) is 11.6. The Morgan fingerprint density at radius 1 is 1.26 bits per heavy atom. The third kappa shape index (κ3) is 5.08. The van der Waals surface area contributed by atoms with Crippen molar-refractivity contribution in [2.24, 2.45) is 0 Å². The van der Waals surface area contributed by atoms with Gasteiger partial charge in [0.2, 0.25) is 10.0 Å². The standard InChI is InChI=1S/C12H17ClN2O3S/c1-14-12(16)10-6-2-3-7-11(10)15-19(17,18)9-5-4-8-13/h2-3,6-7,15H,4-5,8-9H2,1H3,(H,14,16). The Bertz CT molecular complexity index is 532. The van der Waals surface area contributed by atoms with Gasteiger partial charge in [-0.05, 0) is 25.0 Å². The monoisotopic (exact) mass is 304 g/mol. The van der Waals surface area contributed by atoms with Gasteiger partial charge in [-0.3, -0.25) is 9.52 Å². The molecule has 0 saturated heterocycles. The number of carbonyl (C=O) groups excluding carboxylic acids is 1. The zero-order chi connectivity index (χ0) is 14.3. The van der Waals surface area contributed by atoms with E-state index in [0.29, 0.717) is 24.3 Å². The first kappa shape index (κ1) is 15.8. The van der Waals surface area contributed by atoms with Crippen LogP contribution in [0.1, 0.15) is 23.2 Å². The number of para-hydroxylation sites is 1. The van der Waals surface area contributed by atoms with Gasteiger partial charge >= 0.3 is 0 Å². The van der Waals surface area contributed by atoms with E-state index >= 15 is 0 Å². The van der Waals surface area contributed by atoms with Crippen LogP contribution in [0.3, 0.4) is 0 Å². The van der Waals surface area contributed by atoms with Crippen molar-refractivity contribution >= 4 is 33.2 Å². The SMILES string of the molecule is CNC(=O)c1ccccc1NS(=O)(=O)CCCCCl. The molecular weight excluding hydrogens is 288 g/mol. The van der Waals surface area contributed by atoms with Crippen LogP contribution in [-0.2, 0) is 10.0 Å². The van der Waals surface area contributed by atoms with Crippen LogP contribution in [0.2, 0.25) is 0 Å². The Morgan fingerprint density at radius 3 is 2.58 bits per heavy atom. The van der Waals surface area contributed by atoms with Gasteiger partial charge in [0.15, 0.2) is 0 Å². The maximum atomic E-state index is 11.9. The lowest BCUT2D eigenvalue weighted by atomic mass is 10.2. The fourth-order valence-corrected chi connectivity index (χ4v) is 2.90. The maximum Gasteiger partial charge on any atom is 0.253 e. The van der Waals surface area contributed by atoms with Gasteiger partial charge in [-0.15, -0.1) is 11.6 Å². The Balaban J connectivity index is 2.84. The molecule has 0 fully saturated rings. The van der Waals surface area contributed by atoms with Crippen LogP contribution in [-0.4, -0.2) is 33.0 Å². The average Bonchev–Trinajstić information content (AvgIpc) is 2.38. The van der Waals surface area contributed by atoms with Gasteiger partial charge in [-0.25, -0.2) is 8.42 Å². The molecule has 1 aromatic rings. The summed E-state index contributed by atoms with van der Waals surface area (Å²) in [5.41, 5.74) is 0.582. The Morgan fingerprint density at radius 2 is 1.95 bits per heavy atom. The van der Waals surface area contributed by atoms with Gasteiger partial charge in [0.05, 0.1) is 17.0 Å². The van der Waals surface area contributed by atoms with E-state index in [1.54, 1.807) is 24.3 Å². The maximum absolute atomic E-state index is 11.9. The first-order valence-corrected chi connectivity index (χ1v) is 8.06. The zero-order valence-corrected chi connectivity index (χ0v) is 12.2. The van der Waals surface area contributed by atoms with Crippen LogP contribution in [0.4, 0.5) is 5.69 Å². The largest absolute Gasteiger partial charge is 0.355 e. The van der Waals surface area contributed by atoms with E-state index in [1.807, 2.05) is 0 Å². The molecule has 0 aliphatic heterocycles. The van der Waals surface area contributed by atoms with E-state index < -0.39 is 10.0 Å². The Kier molecular flexibility index (Phi) is 6.11. The molecule has 0 bridgehead atoms. The topological polar surface area (TPSA) is 75.3 Å². The van der Waals surface area contributed by atoms with E-state index in [-0.39, 0.29) is 17.3 Å². The molecule has 0 unspecified atom stereocenters. The summed E-state index contributed by atoms with van der Waals surface area (Å²) in [6.07, 6.45) is 1.13. The molecule has 7 heteroatoms. The van der Waals surface area contributed by atoms with E-state index in [0.717, 1.165) is 0 Å². The van der Waals surface area contributed by atoms with Gasteiger partial charge in [0, 0.05) is 12.9 Å². The van der Waals surface area contributed by atoms with E-state index in [4.69, 9.17) is 11.6 Å². The number of benzene rings is 1. The number of nitrogens with one attached hydrogen (secondary N) is 2. The number of alkyl halides is 1. The zero-order valence-electron chi connectivity index (χ0n) is 10.6. The molecule has 1 aromatic carbocycles. The van der Waals surface area contributed by atoms with Crippen molar-refractivity contribution in [1.29, 1.82) is 0 Å². The quantitative estimate of drug-likeness (QED) is 0.596. The lowest BCUT2D eigenvalue weighted by molar-refractivity contribution is 0.0964. The highest BCUT2D eigenvalue weighted by atomic mass is 35.5. The van der Waals surface area contributed by atoms with Gasteiger partial charge in [0.25, 0.3) is 5.91 Å². The number of hydrogen-bond donors (Lipinski definition) is 2. The van der Waals surface area contributed by atoms with E-state index in [9.17, 15) is 13.2 Å². The molecule has 0 atom stereocenters. The second kappa shape index (κ2) is 7.35. The minimum Gasteiger partial charge on any atom is -0.355 e. The van der Waals surface area contributed by atoms with E-state index in [1.165, 1.54) is 7.05 Å². The molecule has 0 aromatic heterocycles. The number of sulfonamides is 1. The molecule has 5 nitrogen and oxygen atoms in total. The van der Waals surface area contributed by atoms with Gasteiger partial charge < -0.3 is 5.32 Å². The highest BCUT2D eigenvalue weighted by Gasteiger charge is 2.15. The number of amides is 1. The van der Waals surface area contributed by atoms with Crippen molar-refractivity contribution in [3.63, 3.8) is 0 Å². The summed E-state index contributed by atoms with van der Waals surface area (Å²) in [5.74, 6) is 0.0886. The second-order valence-corrected chi connectivity index (χ2v) is 6.16. The number of unbranched alkanes of at least 4 members (excludes halogenated alkanes) is 1. The summed E-state index contributed by atoms with van der Waals surface area (Å²) in [7, 11) is -1.97. The molecule has 0 aliphatic carbocycles. The van der Waals surface area contributed by atoms with E-state index in [2.05, 4.69) is 10.0 Å². The molecular formula is C12H17ClN2O3S. The molecule has 106 valence electrons. The average molecular weight is 305 g/mol. The minimum atomic E-state index is -3.46. The van der Waals surface area contributed by atoms with Gasteiger partial charge in [-0.2, -0.15) is 0 Å². The normalized spacial score (nSPS) is 11.1. The van der Waals surface area contributed by atoms with Crippen molar-refractivity contribution in [3.05, 3.63) is 29.8 Å². The Hall–Kier alpha value is -1.27. The molecule has 2 N–H and O–H groups in total. The third-order valence-electron chi connectivity index (χ3n) is 2.46. The lowest BCUT2D eigenvalue weighted by Crippen LogP contribution is -2.22. The lowest BCUT2D eigenvalue weighted by Gasteiger charge is -2.11. The number of anilines is 1. The van der Waals surface area contributed by atoms with Crippen molar-refractivity contribution in [1.82, 2.24) is 5.32 Å². The van der Waals surface area contributed by atoms with Crippen LogP contribution >= 0.6 is 11.6 Å². The second-order valence-electron chi connectivity index (χ2n) is 3.94. The molecule has 0 spiro atoms. The highest BCUT2D eigenvalue weighted by Crippen LogP contribution is 2.17. The fourth-order valence-electron chi connectivity index (χ4n) is 1.51. The van der Waals surface area contributed by atoms with Crippen molar-refractivity contribution in [3.8, 4) is 0 Å². The number of rotatable bonds is 7. The number of hydrogen-bond acceptors (Lipinski definition) is 3. The summed E-state index contributed by atoms with van der Waals surface area (Å²) in [6, 6.07) is 6.47. The predicted octanol–water partition coefficient (Wildman–Crippen LogP) is 1.81. The van der Waals surface area contributed by atoms with Crippen LogP contribution in [0, 0.1) is 0 Å². The summed E-state index contributed by atoms with van der Waals surface area (Å²) < 4.78 is 26.1. The molecule has 1 rings (SSSR count). The van der Waals surface area contributed by atoms with Crippen molar-refractivity contribution in [2.75, 3.05) is 23.4 Å². The third-order valence-corrected chi connectivity index (χ3v) is 4.09. The first-order chi connectivity index (χ1) is 9.00.